The SMILES string of the molecule is COc1nc(N)nc(Oc2ccc(C(F)(F)F)cc2)n1. The van der Waals surface area contributed by atoms with Gasteiger partial charge in [-0.1, -0.05) is 0 Å². The standard InChI is InChI=1S/C11H9F3N4O2/c1-19-9-16-8(15)17-10(18-9)20-7-4-2-6(3-5-7)11(12,13)14/h2-5H,1H3,(H2,15,16,17,18). The maximum absolute atomic E-state index is 12.4. The lowest BCUT2D eigenvalue weighted by molar-refractivity contribution is -0.137. The van der Waals surface area contributed by atoms with Crippen LogP contribution in [0, 0.1) is 0 Å². The number of methoxy groups -OCH3 is 1. The number of halogens is 3. The van der Waals surface area contributed by atoms with E-state index in [2.05, 4.69) is 15.0 Å². The molecule has 2 aromatic rings. The van der Waals surface area contributed by atoms with Crippen molar-refractivity contribution in [3.05, 3.63) is 29.8 Å². The summed E-state index contributed by atoms with van der Waals surface area (Å²) < 4.78 is 47.1. The number of benzene rings is 1. The Morgan fingerprint density at radius 2 is 1.60 bits per heavy atom. The van der Waals surface area contributed by atoms with Gasteiger partial charge in [-0.15, -0.1) is 4.98 Å². The summed E-state index contributed by atoms with van der Waals surface area (Å²) in [6, 6.07) is 3.84. The molecule has 0 bridgehead atoms. The number of anilines is 1. The van der Waals surface area contributed by atoms with Gasteiger partial charge in [0.25, 0.3) is 0 Å². The number of nitrogens with zero attached hydrogens (tertiary/aromatic N) is 3. The fraction of sp³-hybridized carbons (Fsp3) is 0.182. The number of rotatable bonds is 3. The maximum Gasteiger partial charge on any atom is 0.416 e. The van der Waals surface area contributed by atoms with Crippen LogP contribution in [0.25, 0.3) is 0 Å². The molecule has 0 atom stereocenters. The summed E-state index contributed by atoms with van der Waals surface area (Å²) in [7, 11) is 1.33. The van der Waals surface area contributed by atoms with Crippen LogP contribution >= 0.6 is 0 Å². The Morgan fingerprint density at radius 1 is 1.00 bits per heavy atom. The first-order chi connectivity index (χ1) is 9.38. The Balaban J connectivity index is 2.20. The lowest BCUT2D eigenvalue weighted by atomic mass is 10.2. The minimum atomic E-state index is -4.40. The van der Waals surface area contributed by atoms with Crippen molar-refractivity contribution in [2.75, 3.05) is 12.8 Å². The van der Waals surface area contributed by atoms with E-state index in [1.54, 1.807) is 0 Å². The van der Waals surface area contributed by atoms with Gasteiger partial charge in [-0.25, -0.2) is 0 Å². The van der Waals surface area contributed by atoms with E-state index in [4.69, 9.17) is 15.2 Å². The fourth-order valence-electron chi connectivity index (χ4n) is 1.31. The molecular weight excluding hydrogens is 277 g/mol. The molecule has 9 heteroatoms. The molecule has 1 heterocycles. The normalized spacial score (nSPS) is 11.2. The van der Waals surface area contributed by atoms with Crippen molar-refractivity contribution in [1.82, 2.24) is 15.0 Å². The van der Waals surface area contributed by atoms with Gasteiger partial charge < -0.3 is 15.2 Å². The molecule has 0 spiro atoms. The molecule has 0 unspecified atom stereocenters. The van der Waals surface area contributed by atoms with Crippen LogP contribution in [0.3, 0.4) is 0 Å². The lowest BCUT2D eigenvalue weighted by Crippen LogP contribution is -2.05. The van der Waals surface area contributed by atoms with Crippen LogP contribution < -0.4 is 15.2 Å². The average molecular weight is 286 g/mol. The molecule has 1 aromatic carbocycles. The number of hydrogen-bond acceptors (Lipinski definition) is 6. The van der Waals surface area contributed by atoms with Crippen LogP contribution in [0.4, 0.5) is 19.1 Å². The van der Waals surface area contributed by atoms with E-state index in [-0.39, 0.29) is 23.7 Å². The molecular formula is C11H9F3N4O2. The van der Waals surface area contributed by atoms with Crippen molar-refractivity contribution in [3.8, 4) is 17.8 Å². The summed E-state index contributed by atoms with van der Waals surface area (Å²) in [5.74, 6) is 0.00409. The van der Waals surface area contributed by atoms with E-state index >= 15 is 0 Å². The van der Waals surface area contributed by atoms with Gasteiger partial charge in [0, 0.05) is 0 Å². The summed E-state index contributed by atoms with van der Waals surface area (Å²) in [4.78, 5) is 11.1. The van der Waals surface area contributed by atoms with Gasteiger partial charge in [-0.3, -0.25) is 0 Å². The highest BCUT2D eigenvalue weighted by Gasteiger charge is 2.30. The molecule has 20 heavy (non-hydrogen) atoms. The van der Waals surface area contributed by atoms with Crippen LogP contribution in [-0.4, -0.2) is 22.1 Å². The Kier molecular flexibility index (Phi) is 3.59. The molecule has 0 aliphatic carbocycles. The highest BCUT2D eigenvalue weighted by Crippen LogP contribution is 2.31. The number of ether oxygens (including phenoxy) is 2. The third-order valence-corrected chi connectivity index (χ3v) is 2.19. The molecule has 0 radical (unpaired) electrons. The monoisotopic (exact) mass is 286 g/mol. The zero-order valence-electron chi connectivity index (χ0n) is 10.2. The molecule has 0 amide bonds. The van der Waals surface area contributed by atoms with Gasteiger partial charge in [-0.2, -0.15) is 23.1 Å². The van der Waals surface area contributed by atoms with Crippen LogP contribution in [-0.2, 0) is 6.18 Å². The van der Waals surface area contributed by atoms with E-state index in [0.29, 0.717) is 0 Å². The maximum atomic E-state index is 12.4. The van der Waals surface area contributed by atoms with Crippen LogP contribution in [0.15, 0.2) is 24.3 Å². The fourth-order valence-corrected chi connectivity index (χ4v) is 1.31. The van der Waals surface area contributed by atoms with E-state index in [0.717, 1.165) is 24.3 Å². The second-order valence-corrected chi connectivity index (χ2v) is 3.59. The first kappa shape index (κ1) is 13.8. The number of nitrogens with two attached hydrogens (primary N) is 1. The van der Waals surface area contributed by atoms with Crippen LogP contribution in [0.2, 0.25) is 0 Å². The number of alkyl halides is 3. The number of aromatic nitrogens is 3. The molecule has 0 fully saturated rings. The van der Waals surface area contributed by atoms with E-state index in [1.165, 1.54) is 7.11 Å². The predicted molar refractivity (Wildman–Crippen MR) is 62.3 cm³/mol. The molecule has 0 saturated heterocycles. The van der Waals surface area contributed by atoms with E-state index < -0.39 is 11.7 Å². The van der Waals surface area contributed by atoms with Crippen molar-refractivity contribution >= 4 is 5.95 Å². The predicted octanol–water partition coefficient (Wildman–Crippen LogP) is 2.27. The van der Waals surface area contributed by atoms with Gasteiger partial charge >= 0.3 is 18.2 Å². The second-order valence-electron chi connectivity index (χ2n) is 3.59. The molecule has 0 saturated carbocycles. The average Bonchev–Trinajstić information content (AvgIpc) is 2.37. The summed E-state index contributed by atoms with van der Waals surface area (Å²) in [5, 5.41) is 0. The first-order valence-electron chi connectivity index (χ1n) is 5.29. The van der Waals surface area contributed by atoms with Gasteiger partial charge in [0.2, 0.25) is 5.95 Å². The van der Waals surface area contributed by atoms with Gasteiger partial charge in [0.05, 0.1) is 12.7 Å². The van der Waals surface area contributed by atoms with Gasteiger partial charge in [0.15, 0.2) is 0 Å². The van der Waals surface area contributed by atoms with Gasteiger partial charge in [-0.05, 0) is 24.3 Å². The quantitative estimate of drug-likeness (QED) is 0.931. The van der Waals surface area contributed by atoms with Crippen molar-refractivity contribution in [2.45, 2.75) is 6.18 Å². The smallest absolute Gasteiger partial charge is 0.416 e. The Morgan fingerprint density at radius 3 is 2.15 bits per heavy atom. The minimum absolute atomic E-state index is 0.0561. The van der Waals surface area contributed by atoms with E-state index in [9.17, 15) is 13.2 Å². The van der Waals surface area contributed by atoms with Crippen LogP contribution in [0.5, 0.6) is 17.8 Å². The topological polar surface area (TPSA) is 83.2 Å². The molecule has 0 aliphatic heterocycles. The molecule has 2 rings (SSSR count). The third-order valence-electron chi connectivity index (χ3n) is 2.19. The lowest BCUT2D eigenvalue weighted by Gasteiger charge is -2.08. The van der Waals surface area contributed by atoms with E-state index in [1.807, 2.05) is 0 Å². The number of nitrogen functional groups attached to an aromatic ring is 1. The highest BCUT2D eigenvalue weighted by molar-refractivity contribution is 5.31. The minimum Gasteiger partial charge on any atom is -0.467 e. The second kappa shape index (κ2) is 5.19. The number of hydrogen-bond donors (Lipinski definition) is 1. The zero-order valence-corrected chi connectivity index (χ0v) is 10.2. The van der Waals surface area contributed by atoms with Crippen molar-refractivity contribution < 1.29 is 22.6 Å². The molecule has 6 nitrogen and oxygen atoms in total. The molecule has 106 valence electrons. The highest BCUT2D eigenvalue weighted by atomic mass is 19.4. The summed E-state index contributed by atoms with van der Waals surface area (Å²) >= 11 is 0. The Hall–Kier alpha value is -2.58. The first-order valence-corrected chi connectivity index (χ1v) is 5.29. The van der Waals surface area contributed by atoms with Crippen molar-refractivity contribution in [1.29, 1.82) is 0 Å². The zero-order chi connectivity index (χ0) is 14.8. The summed E-state index contributed by atoms with van der Waals surface area (Å²) in [6.45, 7) is 0. The molecule has 0 aliphatic rings. The Bertz CT molecular complexity index is 602. The summed E-state index contributed by atoms with van der Waals surface area (Å²) in [6.07, 6.45) is -4.40. The Labute approximate surface area is 111 Å². The molecule has 2 N–H and O–H groups in total. The van der Waals surface area contributed by atoms with Crippen molar-refractivity contribution in [2.24, 2.45) is 0 Å². The molecule has 1 aromatic heterocycles. The largest absolute Gasteiger partial charge is 0.467 e. The summed E-state index contributed by atoms with van der Waals surface area (Å²) in [5.41, 5.74) is 4.62. The van der Waals surface area contributed by atoms with Crippen LogP contribution in [0.1, 0.15) is 5.56 Å². The van der Waals surface area contributed by atoms with Gasteiger partial charge in [0.1, 0.15) is 5.75 Å². The van der Waals surface area contributed by atoms with Crippen molar-refractivity contribution in [3.63, 3.8) is 0 Å². The third kappa shape index (κ3) is 3.25.